The standard InChI is InChI=1S/C20H17F2N5O3S/c1-23-31-26-15-5-2-4-12(18(15)22)10-27-11-13-8-14(21)17(9-16(13)30-20(27)28)29-19-24-6-3-7-25-19/h2-9,23,26H,10-11H2,1H3. The molecule has 8 nitrogen and oxygen atoms in total. The number of ether oxygens (including phenoxy) is 2. The van der Waals surface area contributed by atoms with Gasteiger partial charge in [0.25, 0.3) is 0 Å². The number of amides is 1. The maximum absolute atomic E-state index is 14.7. The Balaban J connectivity index is 1.53. The lowest BCUT2D eigenvalue weighted by Crippen LogP contribution is -2.36. The van der Waals surface area contributed by atoms with Crippen LogP contribution in [0.25, 0.3) is 0 Å². The monoisotopic (exact) mass is 445 g/mol. The van der Waals surface area contributed by atoms with Crippen molar-refractivity contribution in [2.45, 2.75) is 13.1 Å². The first kappa shape index (κ1) is 20.8. The molecule has 0 saturated heterocycles. The minimum absolute atomic E-state index is 0.0366. The van der Waals surface area contributed by atoms with Crippen molar-refractivity contribution >= 4 is 23.9 Å². The molecular formula is C20H17F2N5O3S. The Morgan fingerprint density at radius 2 is 2.03 bits per heavy atom. The Morgan fingerprint density at radius 3 is 2.81 bits per heavy atom. The summed E-state index contributed by atoms with van der Waals surface area (Å²) in [5.74, 6) is -1.15. The maximum Gasteiger partial charge on any atom is 0.415 e. The number of nitrogens with zero attached hydrogens (tertiary/aromatic N) is 3. The van der Waals surface area contributed by atoms with Gasteiger partial charge in [-0.05, 0) is 25.2 Å². The number of benzene rings is 2. The van der Waals surface area contributed by atoms with Gasteiger partial charge in [-0.1, -0.05) is 12.1 Å². The predicted molar refractivity (Wildman–Crippen MR) is 110 cm³/mol. The normalized spacial score (nSPS) is 12.9. The molecule has 0 spiro atoms. The number of fused-ring (bicyclic) bond motifs is 1. The van der Waals surface area contributed by atoms with Crippen LogP contribution < -0.4 is 18.9 Å². The number of hydrogen-bond donors (Lipinski definition) is 2. The zero-order valence-electron chi connectivity index (χ0n) is 16.3. The third kappa shape index (κ3) is 4.67. The van der Waals surface area contributed by atoms with E-state index in [1.807, 2.05) is 0 Å². The molecule has 11 heteroatoms. The van der Waals surface area contributed by atoms with Crippen LogP contribution in [0.3, 0.4) is 0 Å². The van der Waals surface area contributed by atoms with E-state index in [-0.39, 0.29) is 36.3 Å². The number of anilines is 1. The fraction of sp³-hybridized carbons (Fsp3) is 0.150. The highest BCUT2D eigenvalue weighted by atomic mass is 32.2. The molecule has 2 aromatic carbocycles. The summed E-state index contributed by atoms with van der Waals surface area (Å²) < 4.78 is 45.5. The van der Waals surface area contributed by atoms with E-state index in [1.54, 1.807) is 31.3 Å². The third-order valence-corrected chi connectivity index (χ3v) is 4.90. The minimum Gasteiger partial charge on any atom is -0.421 e. The second-order valence-electron chi connectivity index (χ2n) is 6.43. The van der Waals surface area contributed by atoms with E-state index in [0.29, 0.717) is 11.1 Å². The smallest absolute Gasteiger partial charge is 0.415 e. The number of carbonyl (C=O) groups is 1. The Labute approximate surface area is 180 Å². The van der Waals surface area contributed by atoms with E-state index in [1.165, 1.54) is 29.4 Å². The molecule has 0 unspecified atom stereocenters. The van der Waals surface area contributed by atoms with Gasteiger partial charge in [0.2, 0.25) is 0 Å². The first-order valence-corrected chi connectivity index (χ1v) is 9.97. The lowest BCUT2D eigenvalue weighted by molar-refractivity contribution is 0.134. The molecular weight excluding hydrogens is 428 g/mol. The van der Waals surface area contributed by atoms with Crippen LogP contribution in [0.4, 0.5) is 19.3 Å². The van der Waals surface area contributed by atoms with Gasteiger partial charge in [0.15, 0.2) is 17.4 Å². The molecule has 3 aromatic rings. The van der Waals surface area contributed by atoms with Gasteiger partial charge < -0.3 is 14.2 Å². The summed E-state index contributed by atoms with van der Waals surface area (Å²) >= 11 is 1.12. The lowest BCUT2D eigenvalue weighted by atomic mass is 10.1. The van der Waals surface area contributed by atoms with E-state index in [0.717, 1.165) is 12.1 Å². The number of hydrogen-bond acceptors (Lipinski definition) is 8. The van der Waals surface area contributed by atoms with Gasteiger partial charge in [-0.25, -0.2) is 28.3 Å². The highest BCUT2D eigenvalue weighted by molar-refractivity contribution is 7.98. The molecule has 1 aliphatic heterocycles. The van der Waals surface area contributed by atoms with E-state index in [4.69, 9.17) is 9.47 Å². The molecule has 1 amide bonds. The number of halogens is 2. The zero-order valence-corrected chi connectivity index (χ0v) is 17.1. The first-order chi connectivity index (χ1) is 15.0. The second kappa shape index (κ2) is 9.14. The maximum atomic E-state index is 14.7. The van der Waals surface area contributed by atoms with Crippen molar-refractivity contribution in [1.82, 2.24) is 19.6 Å². The van der Waals surface area contributed by atoms with Crippen LogP contribution in [0.15, 0.2) is 48.8 Å². The highest BCUT2D eigenvalue weighted by Crippen LogP contribution is 2.34. The molecule has 2 heterocycles. The molecule has 0 saturated carbocycles. The Kier molecular flexibility index (Phi) is 6.14. The third-order valence-electron chi connectivity index (χ3n) is 4.38. The van der Waals surface area contributed by atoms with E-state index in [2.05, 4.69) is 19.4 Å². The average molecular weight is 445 g/mol. The summed E-state index contributed by atoms with van der Waals surface area (Å²) in [5, 5.41) is 0. The summed E-state index contributed by atoms with van der Waals surface area (Å²) in [6.07, 6.45) is 2.23. The van der Waals surface area contributed by atoms with Crippen molar-refractivity contribution in [3.63, 3.8) is 0 Å². The quantitative estimate of drug-likeness (QED) is 0.522. The van der Waals surface area contributed by atoms with Crippen molar-refractivity contribution < 1.29 is 23.0 Å². The average Bonchev–Trinajstić information content (AvgIpc) is 2.76. The number of nitrogens with one attached hydrogen (secondary N) is 2. The van der Waals surface area contributed by atoms with Gasteiger partial charge >= 0.3 is 12.1 Å². The van der Waals surface area contributed by atoms with Gasteiger partial charge in [-0.2, -0.15) is 0 Å². The summed E-state index contributed by atoms with van der Waals surface area (Å²) in [5.41, 5.74) is 1.00. The lowest BCUT2D eigenvalue weighted by Gasteiger charge is -2.28. The zero-order chi connectivity index (χ0) is 21.8. The molecule has 0 radical (unpaired) electrons. The molecule has 4 rings (SSSR count). The van der Waals surface area contributed by atoms with Crippen LogP contribution in [-0.2, 0) is 13.1 Å². The Morgan fingerprint density at radius 1 is 1.23 bits per heavy atom. The first-order valence-electron chi connectivity index (χ1n) is 9.15. The second-order valence-corrected chi connectivity index (χ2v) is 7.25. The van der Waals surface area contributed by atoms with Gasteiger partial charge in [-0.15, -0.1) is 0 Å². The van der Waals surface area contributed by atoms with Gasteiger partial charge in [0.1, 0.15) is 5.75 Å². The molecule has 0 atom stereocenters. The molecule has 1 aliphatic rings. The van der Waals surface area contributed by atoms with Gasteiger partial charge in [0.05, 0.1) is 18.8 Å². The number of rotatable bonds is 7. The van der Waals surface area contributed by atoms with Gasteiger partial charge in [0, 0.05) is 41.7 Å². The molecule has 31 heavy (non-hydrogen) atoms. The van der Waals surface area contributed by atoms with Crippen LogP contribution in [0, 0.1) is 11.6 Å². The summed E-state index contributed by atoms with van der Waals surface area (Å²) in [6.45, 7) is 0.0110. The Hall–Kier alpha value is -3.44. The summed E-state index contributed by atoms with van der Waals surface area (Å²) in [6, 6.07) is 8.88. The SMILES string of the molecule is CNSNc1cccc(CN2Cc3cc(F)c(Oc4ncccn4)cc3OC2=O)c1F. The number of aromatic nitrogens is 2. The molecule has 0 aliphatic carbocycles. The van der Waals surface area contributed by atoms with Gasteiger partial charge in [-0.3, -0.25) is 4.90 Å². The van der Waals surface area contributed by atoms with Crippen molar-refractivity contribution in [1.29, 1.82) is 0 Å². The molecule has 0 fully saturated rings. The van der Waals surface area contributed by atoms with Crippen LogP contribution >= 0.6 is 12.1 Å². The van der Waals surface area contributed by atoms with Crippen LogP contribution in [0.5, 0.6) is 17.5 Å². The summed E-state index contributed by atoms with van der Waals surface area (Å²) in [7, 11) is 1.70. The highest BCUT2D eigenvalue weighted by Gasteiger charge is 2.28. The van der Waals surface area contributed by atoms with Crippen molar-refractivity contribution in [3.8, 4) is 17.5 Å². The molecule has 0 bridgehead atoms. The topological polar surface area (TPSA) is 88.6 Å². The van der Waals surface area contributed by atoms with Crippen LogP contribution in [-0.4, -0.2) is 28.0 Å². The predicted octanol–water partition coefficient (Wildman–Crippen LogP) is 4.26. The number of carbonyl (C=O) groups excluding carboxylic acids is 1. The van der Waals surface area contributed by atoms with Crippen LogP contribution in [0.1, 0.15) is 11.1 Å². The van der Waals surface area contributed by atoms with Crippen molar-refractivity contribution in [2.24, 2.45) is 0 Å². The van der Waals surface area contributed by atoms with E-state index in [9.17, 15) is 13.6 Å². The summed E-state index contributed by atoms with van der Waals surface area (Å²) in [4.78, 5) is 21.5. The molecule has 2 N–H and O–H groups in total. The Bertz CT molecular complexity index is 1100. The molecule has 160 valence electrons. The van der Waals surface area contributed by atoms with Crippen LogP contribution in [0.2, 0.25) is 0 Å². The largest absolute Gasteiger partial charge is 0.421 e. The van der Waals surface area contributed by atoms with E-state index >= 15 is 0 Å². The fourth-order valence-electron chi connectivity index (χ4n) is 2.95. The minimum atomic E-state index is -0.677. The van der Waals surface area contributed by atoms with Crippen molar-refractivity contribution in [2.75, 3.05) is 11.8 Å². The van der Waals surface area contributed by atoms with E-state index < -0.39 is 17.7 Å². The van der Waals surface area contributed by atoms with Crippen molar-refractivity contribution in [3.05, 3.63) is 71.6 Å². The molecule has 1 aromatic heterocycles. The fourth-order valence-corrected chi connectivity index (χ4v) is 3.32.